The van der Waals surface area contributed by atoms with Gasteiger partial charge in [0.05, 0.1) is 13.1 Å². The fourth-order valence-corrected chi connectivity index (χ4v) is 2.55. The Morgan fingerprint density at radius 1 is 1.27 bits per heavy atom. The number of rotatable bonds is 7. The lowest BCUT2D eigenvalue weighted by atomic mass is 10.1. The van der Waals surface area contributed by atoms with Gasteiger partial charge in [-0.3, -0.25) is 14.1 Å². The van der Waals surface area contributed by atoms with E-state index in [1.807, 2.05) is 0 Å². The van der Waals surface area contributed by atoms with E-state index >= 15 is 0 Å². The molecule has 1 aliphatic rings. The molecule has 1 aliphatic heterocycles. The van der Waals surface area contributed by atoms with Crippen molar-refractivity contribution in [2.24, 2.45) is 0 Å². The van der Waals surface area contributed by atoms with E-state index in [9.17, 15) is 13.6 Å². The zero-order valence-corrected chi connectivity index (χ0v) is 12.7. The number of nitrogens with one attached hydrogen (secondary N) is 1. The summed E-state index contributed by atoms with van der Waals surface area (Å²) >= 11 is 0. The molecule has 1 aromatic rings. The average molecular weight is 308 g/mol. The number of hydrogen-bond acceptors (Lipinski definition) is 2. The van der Waals surface area contributed by atoms with Gasteiger partial charge in [-0.25, -0.2) is 4.39 Å². The van der Waals surface area contributed by atoms with E-state index in [-0.39, 0.29) is 24.8 Å². The van der Waals surface area contributed by atoms with E-state index in [4.69, 9.17) is 0 Å². The molecule has 0 fully saturated rings. The molecule has 1 heterocycles. The Hall–Kier alpha value is -1.75. The molecule has 120 valence electrons. The second kappa shape index (κ2) is 8.63. The van der Waals surface area contributed by atoms with Gasteiger partial charge in [0.15, 0.2) is 0 Å². The maximum atomic E-state index is 12.8. The predicted octanol–water partition coefficient (Wildman–Crippen LogP) is 2.48. The van der Waals surface area contributed by atoms with Crippen LogP contribution in [0.25, 0.3) is 0 Å². The molecule has 1 N–H and O–H groups in total. The summed E-state index contributed by atoms with van der Waals surface area (Å²) in [4.78, 5) is 14.1. The molecule has 1 amide bonds. The third-order valence-electron chi connectivity index (χ3n) is 3.70. The Balaban J connectivity index is 1.73. The molecule has 0 atom stereocenters. The summed E-state index contributed by atoms with van der Waals surface area (Å²) in [6, 6.07) is 5.95. The van der Waals surface area contributed by atoms with Crippen LogP contribution in [0.1, 0.15) is 18.4 Å². The molecule has 2 rings (SSSR count). The molecule has 0 aliphatic carbocycles. The molecule has 0 saturated heterocycles. The fourth-order valence-electron chi connectivity index (χ4n) is 2.55. The van der Waals surface area contributed by atoms with Crippen LogP contribution in [0.3, 0.4) is 0 Å². The quantitative estimate of drug-likeness (QED) is 0.785. The van der Waals surface area contributed by atoms with Gasteiger partial charge in [-0.15, -0.1) is 0 Å². The van der Waals surface area contributed by atoms with Crippen LogP contribution in [0, 0.1) is 5.82 Å². The number of amides is 1. The topological polar surface area (TPSA) is 32.3 Å². The summed E-state index contributed by atoms with van der Waals surface area (Å²) < 4.78 is 25.0. The smallest absolute Gasteiger partial charge is 0.224 e. The Morgan fingerprint density at radius 3 is 2.77 bits per heavy atom. The van der Waals surface area contributed by atoms with Crippen LogP contribution in [-0.2, 0) is 11.2 Å². The average Bonchev–Trinajstić information content (AvgIpc) is 2.53. The standard InChI is InChI=1S/C17H22F2N2O/c18-8-2-10-21-9-1-3-15(13-21)12-20-17(22)11-14-4-6-16(19)7-5-14/h3-7H,1-2,8-13H2,(H,20,22). The summed E-state index contributed by atoms with van der Waals surface area (Å²) in [6.45, 7) is 2.73. The molecule has 3 nitrogen and oxygen atoms in total. The van der Waals surface area contributed by atoms with Crippen LogP contribution < -0.4 is 5.32 Å². The highest BCUT2D eigenvalue weighted by molar-refractivity contribution is 5.78. The van der Waals surface area contributed by atoms with E-state index in [0.717, 1.165) is 37.2 Å². The zero-order valence-electron chi connectivity index (χ0n) is 12.7. The number of hydrogen-bond donors (Lipinski definition) is 1. The van der Waals surface area contributed by atoms with Crippen molar-refractivity contribution in [2.45, 2.75) is 19.3 Å². The van der Waals surface area contributed by atoms with Gasteiger partial charge in [-0.1, -0.05) is 18.2 Å². The van der Waals surface area contributed by atoms with Gasteiger partial charge in [0.2, 0.25) is 5.91 Å². The molecule has 0 bridgehead atoms. The maximum Gasteiger partial charge on any atom is 0.224 e. The molecule has 0 unspecified atom stereocenters. The van der Waals surface area contributed by atoms with Gasteiger partial charge in [0.25, 0.3) is 0 Å². The summed E-state index contributed by atoms with van der Waals surface area (Å²) in [5, 5.41) is 2.89. The third kappa shape index (κ3) is 5.56. The van der Waals surface area contributed by atoms with Crippen LogP contribution in [0.4, 0.5) is 8.78 Å². The van der Waals surface area contributed by atoms with Crippen LogP contribution in [0.15, 0.2) is 35.9 Å². The van der Waals surface area contributed by atoms with Crippen molar-refractivity contribution in [1.82, 2.24) is 10.2 Å². The largest absolute Gasteiger partial charge is 0.352 e. The Bertz CT molecular complexity index is 514. The highest BCUT2D eigenvalue weighted by atomic mass is 19.1. The van der Waals surface area contributed by atoms with E-state index in [0.29, 0.717) is 13.0 Å². The van der Waals surface area contributed by atoms with Crippen molar-refractivity contribution in [3.63, 3.8) is 0 Å². The molecular weight excluding hydrogens is 286 g/mol. The summed E-state index contributed by atoms with van der Waals surface area (Å²) in [5.41, 5.74) is 1.96. The molecule has 0 aromatic heterocycles. The van der Waals surface area contributed by atoms with E-state index in [1.54, 1.807) is 12.1 Å². The second-order valence-electron chi connectivity index (χ2n) is 5.55. The van der Waals surface area contributed by atoms with Gasteiger partial charge in [-0.2, -0.15) is 0 Å². The first-order chi connectivity index (χ1) is 10.7. The number of halogens is 2. The van der Waals surface area contributed by atoms with Crippen molar-refractivity contribution in [3.8, 4) is 0 Å². The van der Waals surface area contributed by atoms with Crippen molar-refractivity contribution >= 4 is 5.91 Å². The van der Waals surface area contributed by atoms with Crippen LogP contribution in [0.2, 0.25) is 0 Å². The minimum absolute atomic E-state index is 0.0756. The van der Waals surface area contributed by atoms with E-state index < -0.39 is 0 Å². The van der Waals surface area contributed by atoms with Crippen molar-refractivity contribution in [2.75, 3.05) is 32.9 Å². The number of nitrogens with zero attached hydrogens (tertiary/aromatic N) is 1. The number of carbonyl (C=O) groups is 1. The van der Waals surface area contributed by atoms with Gasteiger partial charge in [0.1, 0.15) is 5.82 Å². The molecule has 1 aromatic carbocycles. The lowest BCUT2D eigenvalue weighted by molar-refractivity contribution is -0.120. The van der Waals surface area contributed by atoms with Crippen LogP contribution in [0.5, 0.6) is 0 Å². The van der Waals surface area contributed by atoms with Gasteiger partial charge in [0, 0.05) is 26.2 Å². The van der Waals surface area contributed by atoms with Crippen molar-refractivity contribution in [3.05, 3.63) is 47.3 Å². The number of benzene rings is 1. The molecule has 0 saturated carbocycles. The first kappa shape index (κ1) is 16.6. The minimum Gasteiger partial charge on any atom is -0.352 e. The summed E-state index contributed by atoms with van der Waals surface area (Å²) in [6.07, 6.45) is 3.89. The maximum absolute atomic E-state index is 12.8. The molecule has 5 heteroatoms. The van der Waals surface area contributed by atoms with E-state index in [2.05, 4.69) is 16.3 Å². The van der Waals surface area contributed by atoms with Gasteiger partial charge in [-0.05, 0) is 36.1 Å². The normalized spacial score (nSPS) is 15.5. The Labute approximate surface area is 130 Å². The monoisotopic (exact) mass is 308 g/mol. The Morgan fingerprint density at radius 2 is 2.05 bits per heavy atom. The first-order valence-corrected chi connectivity index (χ1v) is 7.65. The zero-order chi connectivity index (χ0) is 15.8. The van der Waals surface area contributed by atoms with Gasteiger partial charge < -0.3 is 5.32 Å². The van der Waals surface area contributed by atoms with E-state index in [1.165, 1.54) is 12.1 Å². The van der Waals surface area contributed by atoms with Crippen molar-refractivity contribution < 1.29 is 13.6 Å². The number of carbonyl (C=O) groups excluding carboxylic acids is 1. The SMILES string of the molecule is O=C(Cc1ccc(F)cc1)NCC1=CCCN(CCCF)C1. The lowest BCUT2D eigenvalue weighted by Gasteiger charge is -2.27. The highest BCUT2D eigenvalue weighted by Crippen LogP contribution is 2.09. The molecular formula is C17H22F2N2O. The second-order valence-corrected chi connectivity index (χ2v) is 5.55. The lowest BCUT2D eigenvalue weighted by Crippen LogP contribution is -2.36. The fraction of sp³-hybridized carbons (Fsp3) is 0.471. The Kier molecular flexibility index (Phi) is 6.52. The van der Waals surface area contributed by atoms with Crippen molar-refractivity contribution in [1.29, 1.82) is 0 Å². The van der Waals surface area contributed by atoms with Crippen LogP contribution in [-0.4, -0.2) is 43.7 Å². The van der Waals surface area contributed by atoms with Gasteiger partial charge >= 0.3 is 0 Å². The highest BCUT2D eigenvalue weighted by Gasteiger charge is 2.13. The molecule has 0 spiro atoms. The summed E-state index contributed by atoms with van der Waals surface area (Å²) in [7, 11) is 0. The van der Waals surface area contributed by atoms with Crippen LogP contribution >= 0.6 is 0 Å². The minimum atomic E-state index is -0.301. The molecule has 0 radical (unpaired) electrons. The first-order valence-electron chi connectivity index (χ1n) is 7.65. The predicted molar refractivity (Wildman–Crippen MR) is 82.8 cm³/mol. The number of alkyl halides is 1. The third-order valence-corrected chi connectivity index (χ3v) is 3.70. The molecule has 22 heavy (non-hydrogen) atoms. The summed E-state index contributed by atoms with van der Waals surface area (Å²) in [5.74, 6) is -0.377.